The van der Waals surface area contributed by atoms with Crippen LogP contribution in [-0.2, 0) is 16.1 Å². The van der Waals surface area contributed by atoms with Crippen molar-refractivity contribution in [3.63, 3.8) is 0 Å². The van der Waals surface area contributed by atoms with Crippen molar-refractivity contribution < 1.29 is 14.3 Å². The summed E-state index contributed by atoms with van der Waals surface area (Å²) in [6.07, 6.45) is 3.37. The van der Waals surface area contributed by atoms with E-state index in [0.29, 0.717) is 0 Å². The topological polar surface area (TPSA) is 38.8 Å². The number of ether oxygens (including phenoxy) is 2. The third-order valence-corrected chi connectivity index (χ3v) is 6.38. The minimum atomic E-state index is -0.520. The Bertz CT molecular complexity index is 795. The fourth-order valence-electron chi connectivity index (χ4n) is 3.97. The number of para-hydroxylation sites is 1. The van der Waals surface area contributed by atoms with Crippen LogP contribution >= 0.6 is 11.8 Å². The smallest absolute Gasteiger partial charge is 0.268 e. The lowest BCUT2D eigenvalue weighted by Crippen LogP contribution is -2.72. The highest BCUT2D eigenvalue weighted by molar-refractivity contribution is 7.99. The fraction of sp³-hybridized carbons (Fsp3) is 0.350. The maximum Gasteiger partial charge on any atom is 0.268 e. The third-order valence-electron chi connectivity index (χ3n) is 5.10. The summed E-state index contributed by atoms with van der Waals surface area (Å²) in [5, 5.41) is 0. The SMILES string of the molecule is COc1cccc2c1CCCN1C(=O)[C@@H](Oc3ccccc3)[C@]21SC. The van der Waals surface area contributed by atoms with E-state index in [2.05, 4.69) is 12.3 Å². The summed E-state index contributed by atoms with van der Waals surface area (Å²) >= 11 is 1.67. The predicted molar refractivity (Wildman–Crippen MR) is 99.1 cm³/mol. The number of nitrogens with zero attached hydrogens (tertiary/aromatic N) is 1. The van der Waals surface area contributed by atoms with Crippen LogP contribution in [0.25, 0.3) is 0 Å². The van der Waals surface area contributed by atoms with Crippen LogP contribution in [0.5, 0.6) is 11.5 Å². The monoisotopic (exact) mass is 355 g/mol. The van der Waals surface area contributed by atoms with Gasteiger partial charge in [0.1, 0.15) is 11.5 Å². The average Bonchev–Trinajstić information content (AvgIpc) is 2.81. The molecule has 4 rings (SSSR count). The van der Waals surface area contributed by atoms with Crippen molar-refractivity contribution in [1.29, 1.82) is 0 Å². The number of carbonyl (C=O) groups is 1. The van der Waals surface area contributed by atoms with Crippen molar-refractivity contribution in [2.45, 2.75) is 23.8 Å². The molecule has 0 N–H and O–H groups in total. The number of carbonyl (C=O) groups excluding carboxylic acids is 1. The Morgan fingerprint density at radius 1 is 1.16 bits per heavy atom. The molecule has 130 valence electrons. The number of fused-ring (bicyclic) bond motifs is 3. The first kappa shape index (κ1) is 16.3. The van der Waals surface area contributed by atoms with Gasteiger partial charge in [-0.1, -0.05) is 30.3 Å². The third kappa shape index (κ3) is 2.33. The van der Waals surface area contributed by atoms with Gasteiger partial charge in [-0.25, -0.2) is 0 Å². The summed E-state index contributed by atoms with van der Waals surface area (Å²) in [5.74, 6) is 1.68. The van der Waals surface area contributed by atoms with Gasteiger partial charge in [-0.3, -0.25) is 4.79 Å². The molecule has 1 saturated heterocycles. The van der Waals surface area contributed by atoms with Gasteiger partial charge in [-0.2, -0.15) is 0 Å². The Morgan fingerprint density at radius 3 is 2.68 bits per heavy atom. The van der Waals surface area contributed by atoms with Crippen molar-refractivity contribution in [1.82, 2.24) is 4.90 Å². The molecular weight excluding hydrogens is 334 g/mol. The zero-order valence-electron chi connectivity index (χ0n) is 14.4. The largest absolute Gasteiger partial charge is 0.496 e. The highest BCUT2D eigenvalue weighted by atomic mass is 32.2. The molecule has 2 aromatic rings. The maximum absolute atomic E-state index is 12.8. The average molecular weight is 355 g/mol. The molecular formula is C20H21NO3S. The first-order valence-electron chi connectivity index (χ1n) is 8.47. The van der Waals surface area contributed by atoms with Crippen molar-refractivity contribution in [3.8, 4) is 11.5 Å². The van der Waals surface area contributed by atoms with Gasteiger partial charge in [0.15, 0.2) is 4.87 Å². The van der Waals surface area contributed by atoms with Crippen molar-refractivity contribution >= 4 is 17.7 Å². The van der Waals surface area contributed by atoms with Gasteiger partial charge >= 0.3 is 0 Å². The molecule has 2 atom stereocenters. The Morgan fingerprint density at radius 2 is 1.96 bits per heavy atom. The van der Waals surface area contributed by atoms with Crippen LogP contribution in [0.4, 0.5) is 0 Å². The number of β-lactam (4-membered cyclic amide) rings is 1. The van der Waals surface area contributed by atoms with Crippen LogP contribution < -0.4 is 9.47 Å². The van der Waals surface area contributed by atoms with Crippen LogP contribution in [0.15, 0.2) is 48.5 Å². The molecule has 1 amide bonds. The van der Waals surface area contributed by atoms with E-state index in [0.717, 1.165) is 36.4 Å². The molecule has 2 aliphatic heterocycles. The van der Waals surface area contributed by atoms with E-state index in [1.54, 1.807) is 18.9 Å². The lowest BCUT2D eigenvalue weighted by atomic mass is 9.87. The molecule has 0 radical (unpaired) electrons. The van der Waals surface area contributed by atoms with Crippen molar-refractivity contribution in [2.75, 3.05) is 19.9 Å². The minimum absolute atomic E-state index is 0.0638. The van der Waals surface area contributed by atoms with Gasteiger partial charge < -0.3 is 14.4 Å². The molecule has 0 aromatic heterocycles. The molecule has 0 saturated carbocycles. The first-order chi connectivity index (χ1) is 12.2. The number of rotatable bonds is 4. The van der Waals surface area contributed by atoms with E-state index in [4.69, 9.17) is 9.47 Å². The van der Waals surface area contributed by atoms with Crippen LogP contribution in [0.3, 0.4) is 0 Å². The lowest BCUT2D eigenvalue weighted by Gasteiger charge is -2.55. The first-order valence-corrected chi connectivity index (χ1v) is 9.69. The summed E-state index contributed by atoms with van der Waals surface area (Å²) < 4.78 is 11.8. The number of methoxy groups -OCH3 is 1. The number of hydrogen-bond acceptors (Lipinski definition) is 4. The summed E-state index contributed by atoms with van der Waals surface area (Å²) in [6.45, 7) is 0.742. The molecule has 2 aliphatic rings. The second-order valence-corrected chi connectivity index (χ2v) is 7.32. The van der Waals surface area contributed by atoms with E-state index >= 15 is 0 Å². The van der Waals surface area contributed by atoms with Crippen molar-refractivity contribution in [2.24, 2.45) is 0 Å². The van der Waals surface area contributed by atoms with Gasteiger partial charge in [-0.15, -0.1) is 11.8 Å². The van der Waals surface area contributed by atoms with Crippen LogP contribution in [0.2, 0.25) is 0 Å². The van der Waals surface area contributed by atoms with Crippen LogP contribution in [0.1, 0.15) is 17.5 Å². The molecule has 0 aliphatic carbocycles. The highest BCUT2D eigenvalue weighted by Crippen LogP contribution is 2.54. The summed E-state index contributed by atoms with van der Waals surface area (Å²) in [5.41, 5.74) is 2.33. The molecule has 4 nitrogen and oxygen atoms in total. The van der Waals surface area contributed by atoms with Crippen molar-refractivity contribution in [3.05, 3.63) is 59.7 Å². The maximum atomic E-state index is 12.8. The highest BCUT2D eigenvalue weighted by Gasteiger charge is 2.64. The van der Waals surface area contributed by atoms with E-state index in [1.165, 1.54) is 5.56 Å². The molecule has 2 heterocycles. The van der Waals surface area contributed by atoms with Gasteiger partial charge in [-0.05, 0) is 42.9 Å². The molecule has 5 heteroatoms. The number of benzene rings is 2. The zero-order valence-corrected chi connectivity index (χ0v) is 15.2. The standard InChI is InChI=1S/C20H21NO3S/c1-23-17-12-6-11-16-15(17)10-7-13-21-19(22)18(20(16,21)25-2)24-14-8-4-3-5-9-14/h3-6,8-9,11-12,18H,7,10,13H2,1-2H3/t18-,20-/m1/s1. The van der Waals surface area contributed by atoms with Gasteiger partial charge in [0.05, 0.1) is 7.11 Å². The molecule has 1 fully saturated rings. The van der Waals surface area contributed by atoms with Gasteiger partial charge in [0, 0.05) is 12.1 Å². The van der Waals surface area contributed by atoms with Gasteiger partial charge in [0.2, 0.25) is 6.10 Å². The second kappa shape index (κ2) is 6.30. The lowest BCUT2D eigenvalue weighted by molar-refractivity contribution is -0.168. The molecule has 0 bridgehead atoms. The molecule has 2 aromatic carbocycles. The minimum Gasteiger partial charge on any atom is -0.496 e. The van der Waals surface area contributed by atoms with E-state index in [9.17, 15) is 4.79 Å². The zero-order chi connectivity index (χ0) is 17.4. The van der Waals surface area contributed by atoms with Gasteiger partial charge in [0.25, 0.3) is 5.91 Å². The fourth-order valence-corrected chi connectivity index (χ4v) is 5.14. The normalized spacial score (nSPS) is 24.6. The number of thioether (sulfide) groups is 1. The quantitative estimate of drug-likeness (QED) is 0.788. The van der Waals surface area contributed by atoms with Crippen LogP contribution in [-0.4, -0.2) is 36.8 Å². The predicted octanol–water partition coefficient (Wildman–Crippen LogP) is 3.45. The van der Waals surface area contributed by atoms with Crippen LogP contribution in [0, 0.1) is 0 Å². The van der Waals surface area contributed by atoms with E-state index in [-0.39, 0.29) is 5.91 Å². The summed E-state index contributed by atoms with van der Waals surface area (Å²) in [4.78, 5) is 14.3. The number of hydrogen-bond donors (Lipinski definition) is 0. The molecule has 0 unspecified atom stereocenters. The Balaban J connectivity index is 1.81. The summed E-state index contributed by atoms with van der Waals surface area (Å²) in [6, 6.07) is 15.7. The second-order valence-electron chi connectivity index (χ2n) is 6.29. The molecule has 0 spiro atoms. The van der Waals surface area contributed by atoms with E-state index < -0.39 is 11.0 Å². The Labute approximate surface area is 152 Å². The van der Waals surface area contributed by atoms with E-state index in [1.807, 2.05) is 47.4 Å². The molecule has 25 heavy (non-hydrogen) atoms. The number of amides is 1. The summed E-state index contributed by atoms with van der Waals surface area (Å²) in [7, 11) is 1.70. The Kier molecular flexibility index (Phi) is 4.12. The Hall–Kier alpha value is -2.14.